The van der Waals surface area contributed by atoms with Crippen LogP contribution in [0.15, 0.2) is 18.2 Å². The van der Waals surface area contributed by atoms with Gasteiger partial charge in [0, 0.05) is 13.6 Å². The van der Waals surface area contributed by atoms with Gasteiger partial charge in [0.05, 0.1) is 0 Å². The Hall–Kier alpha value is -1.88. The van der Waals surface area contributed by atoms with Gasteiger partial charge in [-0.05, 0) is 25.0 Å². The van der Waals surface area contributed by atoms with Crippen molar-refractivity contribution in [2.75, 3.05) is 13.6 Å². The highest BCUT2D eigenvalue weighted by Crippen LogP contribution is 2.30. The van der Waals surface area contributed by atoms with E-state index in [0.29, 0.717) is 0 Å². The number of nitrogens with zero attached hydrogens (tertiary/aromatic N) is 1. The highest BCUT2D eigenvalue weighted by atomic mass is 16.2. The van der Waals surface area contributed by atoms with Gasteiger partial charge in [-0.25, -0.2) is 4.79 Å². The molecule has 1 aromatic rings. The van der Waals surface area contributed by atoms with E-state index in [1.807, 2.05) is 32.0 Å². The fourth-order valence-corrected chi connectivity index (χ4v) is 2.32. The summed E-state index contributed by atoms with van der Waals surface area (Å²) in [6.07, 6.45) is 0. The fourth-order valence-electron chi connectivity index (χ4n) is 2.32. The van der Waals surface area contributed by atoms with E-state index in [1.165, 1.54) is 7.05 Å². The number of rotatable bonds is 2. The number of nitrogens with one attached hydrogen (secondary N) is 1. The van der Waals surface area contributed by atoms with E-state index in [9.17, 15) is 9.59 Å². The van der Waals surface area contributed by atoms with E-state index >= 15 is 0 Å². The minimum atomic E-state index is -1.12. The third-order valence-corrected chi connectivity index (χ3v) is 3.45. The first-order valence-corrected chi connectivity index (χ1v) is 5.80. The number of hydrogen-bond donors (Lipinski definition) is 2. The Bertz CT molecular complexity index is 527. The fraction of sp³-hybridized carbons (Fsp3) is 0.385. The van der Waals surface area contributed by atoms with E-state index in [4.69, 9.17) is 5.73 Å². The molecule has 1 aliphatic rings. The molecule has 3 N–H and O–H groups in total. The van der Waals surface area contributed by atoms with Crippen LogP contribution in [0, 0.1) is 13.8 Å². The van der Waals surface area contributed by atoms with E-state index < -0.39 is 11.6 Å². The van der Waals surface area contributed by atoms with Crippen LogP contribution < -0.4 is 11.1 Å². The first kappa shape index (κ1) is 12.6. The summed E-state index contributed by atoms with van der Waals surface area (Å²) in [5.74, 6) is -0.302. The molecule has 1 unspecified atom stereocenters. The molecule has 0 aliphatic carbocycles. The number of carbonyl (C=O) groups excluding carboxylic acids is 2. The average Bonchev–Trinajstić information content (AvgIpc) is 2.57. The molecule has 2 rings (SSSR count). The summed E-state index contributed by atoms with van der Waals surface area (Å²) in [4.78, 5) is 25.0. The monoisotopic (exact) mass is 247 g/mol. The Morgan fingerprint density at radius 1 is 1.33 bits per heavy atom. The summed E-state index contributed by atoms with van der Waals surface area (Å²) in [5, 5.41) is 2.71. The van der Waals surface area contributed by atoms with Crippen LogP contribution in [-0.2, 0) is 10.3 Å². The molecule has 1 aromatic carbocycles. The molecule has 0 spiro atoms. The third kappa shape index (κ3) is 1.59. The summed E-state index contributed by atoms with van der Waals surface area (Å²) < 4.78 is 0. The van der Waals surface area contributed by atoms with Gasteiger partial charge < -0.3 is 11.1 Å². The van der Waals surface area contributed by atoms with Crippen LogP contribution in [0.4, 0.5) is 4.79 Å². The van der Waals surface area contributed by atoms with Crippen molar-refractivity contribution in [3.63, 3.8) is 0 Å². The van der Waals surface area contributed by atoms with Crippen molar-refractivity contribution in [2.45, 2.75) is 19.4 Å². The molecule has 0 saturated carbocycles. The van der Waals surface area contributed by atoms with Gasteiger partial charge in [0.15, 0.2) is 5.54 Å². The number of likely N-dealkylation sites (N-methyl/N-ethyl adjacent to an activating group) is 1. The molecule has 18 heavy (non-hydrogen) atoms. The molecule has 1 aliphatic heterocycles. The second-order valence-corrected chi connectivity index (χ2v) is 4.72. The average molecular weight is 247 g/mol. The SMILES string of the molecule is Cc1ccc(C)c(C2(CN)NC(=O)N(C)C2=O)c1. The van der Waals surface area contributed by atoms with Crippen molar-refractivity contribution >= 4 is 11.9 Å². The second kappa shape index (κ2) is 4.10. The zero-order valence-corrected chi connectivity index (χ0v) is 10.8. The Morgan fingerprint density at radius 2 is 2.00 bits per heavy atom. The highest BCUT2D eigenvalue weighted by molar-refractivity contribution is 6.07. The Labute approximate surface area is 106 Å². The lowest BCUT2D eigenvalue weighted by atomic mass is 9.85. The lowest BCUT2D eigenvalue weighted by molar-refractivity contribution is -0.130. The van der Waals surface area contributed by atoms with Crippen LogP contribution in [0.5, 0.6) is 0 Å². The van der Waals surface area contributed by atoms with Gasteiger partial charge in [-0.1, -0.05) is 23.8 Å². The Morgan fingerprint density at radius 3 is 2.50 bits per heavy atom. The normalized spacial score (nSPS) is 23.4. The molecule has 1 heterocycles. The maximum atomic E-state index is 12.3. The van der Waals surface area contributed by atoms with Crippen molar-refractivity contribution in [1.82, 2.24) is 10.2 Å². The van der Waals surface area contributed by atoms with Gasteiger partial charge in [-0.15, -0.1) is 0 Å². The first-order chi connectivity index (χ1) is 8.42. The summed E-state index contributed by atoms with van der Waals surface area (Å²) in [6.45, 7) is 3.90. The molecule has 5 heteroatoms. The zero-order chi connectivity index (χ0) is 13.5. The minimum Gasteiger partial charge on any atom is -0.327 e. The number of amides is 3. The van der Waals surface area contributed by atoms with E-state index in [1.54, 1.807) is 0 Å². The van der Waals surface area contributed by atoms with Gasteiger partial charge in [-0.3, -0.25) is 9.69 Å². The second-order valence-electron chi connectivity index (χ2n) is 4.72. The van der Waals surface area contributed by atoms with E-state index in [0.717, 1.165) is 21.6 Å². The van der Waals surface area contributed by atoms with Crippen molar-refractivity contribution in [1.29, 1.82) is 0 Å². The summed E-state index contributed by atoms with van der Waals surface area (Å²) in [7, 11) is 1.46. The number of benzene rings is 1. The zero-order valence-electron chi connectivity index (χ0n) is 10.8. The molecular weight excluding hydrogens is 230 g/mol. The van der Waals surface area contributed by atoms with Crippen LogP contribution in [0.2, 0.25) is 0 Å². The van der Waals surface area contributed by atoms with Crippen LogP contribution in [0.25, 0.3) is 0 Å². The highest BCUT2D eigenvalue weighted by Gasteiger charge is 2.50. The molecule has 3 amide bonds. The number of aryl methyl sites for hydroxylation is 2. The minimum absolute atomic E-state index is 0.0478. The van der Waals surface area contributed by atoms with Crippen LogP contribution in [0.1, 0.15) is 16.7 Å². The number of carbonyl (C=O) groups is 2. The number of hydrogen-bond acceptors (Lipinski definition) is 3. The summed E-state index contributed by atoms with van der Waals surface area (Å²) in [5.41, 5.74) is 7.39. The molecule has 1 saturated heterocycles. The smallest absolute Gasteiger partial charge is 0.325 e. The summed E-state index contributed by atoms with van der Waals surface area (Å²) in [6, 6.07) is 5.39. The van der Waals surface area contributed by atoms with Gasteiger partial charge in [0.25, 0.3) is 5.91 Å². The van der Waals surface area contributed by atoms with Gasteiger partial charge >= 0.3 is 6.03 Å². The lowest BCUT2D eigenvalue weighted by Crippen LogP contribution is -2.50. The number of nitrogens with two attached hydrogens (primary N) is 1. The molecule has 96 valence electrons. The van der Waals surface area contributed by atoms with Crippen molar-refractivity contribution in [2.24, 2.45) is 5.73 Å². The van der Waals surface area contributed by atoms with Crippen molar-refractivity contribution in [3.8, 4) is 0 Å². The molecule has 0 bridgehead atoms. The van der Waals surface area contributed by atoms with E-state index in [-0.39, 0.29) is 12.5 Å². The standard InChI is InChI=1S/C13H17N3O2/c1-8-4-5-9(2)10(6-8)13(7-14)11(17)16(3)12(18)15-13/h4-6H,7,14H2,1-3H3,(H,15,18). The molecule has 0 aromatic heterocycles. The molecule has 1 atom stereocenters. The van der Waals surface area contributed by atoms with Gasteiger partial charge in [0.2, 0.25) is 0 Å². The third-order valence-electron chi connectivity index (χ3n) is 3.45. The predicted octanol–water partition coefficient (Wildman–Crippen LogP) is 0.639. The summed E-state index contributed by atoms with van der Waals surface area (Å²) >= 11 is 0. The van der Waals surface area contributed by atoms with Gasteiger partial charge in [-0.2, -0.15) is 0 Å². The quantitative estimate of drug-likeness (QED) is 0.753. The number of imide groups is 1. The van der Waals surface area contributed by atoms with Crippen molar-refractivity contribution < 1.29 is 9.59 Å². The van der Waals surface area contributed by atoms with Crippen LogP contribution >= 0.6 is 0 Å². The molecule has 1 fully saturated rings. The lowest BCUT2D eigenvalue weighted by Gasteiger charge is -2.27. The van der Waals surface area contributed by atoms with Crippen LogP contribution in [0.3, 0.4) is 0 Å². The Kier molecular flexibility index (Phi) is 2.86. The first-order valence-electron chi connectivity index (χ1n) is 5.80. The maximum absolute atomic E-state index is 12.3. The predicted molar refractivity (Wildman–Crippen MR) is 68.0 cm³/mol. The largest absolute Gasteiger partial charge is 0.327 e. The Balaban J connectivity index is 2.61. The van der Waals surface area contributed by atoms with Gasteiger partial charge in [0.1, 0.15) is 0 Å². The maximum Gasteiger partial charge on any atom is 0.325 e. The molecular formula is C13H17N3O2. The van der Waals surface area contributed by atoms with E-state index in [2.05, 4.69) is 5.32 Å². The van der Waals surface area contributed by atoms with Crippen molar-refractivity contribution in [3.05, 3.63) is 34.9 Å². The van der Waals surface area contributed by atoms with Crippen LogP contribution in [-0.4, -0.2) is 30.4 Å². The topological polar surface area (TPSA) is 75.4 Å². The number of urea groups is 1. The molecule has 0 radical (unpaired) electrons. The molecule has 5 nitrogen and oxygen atoms in total.